The van der Waals surface area contributed by atoms with Crippen molar-refractivity contribution >= 4 is 47.0 Å². The third kappa shape index (κ3) is 17.7. The zero-order chi connectivity index (χ0) is 52.7. The summed E-state index contributed by atoms with van der Waals surface area (Å²) >= 11 is 0. The Morgan fingerprint density at radius 1 is 0.831 bits per heavy atom. The number of benzene rings is 3. The number of allylic oxidation sites excluding steroid dienone is 16. The van der Waals surface area contributed by atoms with Gasteiger partial charge >= 0.3 is 0 Å². The maximum absolute atomic E-state index is 6.53. The minimum Gasteiger partial charge on any atom is -0.456 e. The van der Waals surface area contributed by atoms with Gasteiger partial charge in [-0.25, -0.2) is 9.98 Å². The van der Waals surface area contributed by atoms with Crippen LogP contribution in [0.25, 0.3) is 17.2 Å². The number of amidine groups is 2. The van der Waals surface area contributed by atoms with Gasteiger partial charge in [-0.05, 0) is 131 Å². The van der Waals surface area contributed by atoms with Crippen molar-refractivity contribution in [3.63, 3.8) is 0 Å². The van der Waals surface area contributed by atoms with E-state index < -0.39 is 0 Å². The largest absolute Gasteiger partial charge is 0.456 e. The molecule has 0 spiro atoms. The Balaban J connectivity index is 0.00000421. The van der Waals surface area contributed by atoms with Gasteiger partial charge in [-0.15, -0.1) is 0 Å². The smallest absolute Gasteiger partial charge is 0.161 e. The standard InChI is InChI=1S/C61H69N5O.2C2H6/c1-14-21-23-31-46(9)65(13)57-38-37-52(43-59(57)67-47(10)32-24-22-15-2)45(8)41-58-55(20-7)48(11)56-36-26-25-33-51(56)39-40-66(58)54-35-27-34-53(42-54)60(62-12)64-61(50(19-6)30-18-5)63-44-49(28-16-3)29-17-4;2*1-2/h14-39,41-43,46H,3,7,10,12,40,44H2,1-2,4-6,8-9,11,13H3;2*1-2H3/b21-14-,22-15-,29-17-,30-18-,31-23-,32-24-,45-41+,49-28+,50-19+,51-39-,56-48+,58-55-,63-61?,64-60?;;. The molecule has 0 saturated carbocycles. The Hall–Kier alpha value is -7.57. The van der Waals surface area contributed by atoms with Crippen LogP contribution in [0.5, 0.6) is 5.75 Å². The van der Waals surface area contributed by atoms with E-state index in [0.29, 0.717) is 36.3 Å². The quantitative estimate of drug-likeness (QED) is 0.0521. The minimum absolute atomic E-state index is 0.0969. The number of likely N-dealkylation sites (N-methyl/N-ethyl adjacent to an activating group) is 1. The van der Waals surface area contributed by atoms with Gasteiger partial charge in [0.1, 0.15) is 5.76 Å². The first-order valence-corrected chi connectivity index (χ1v) is 24.8. The fourth-order valence-corrected chi connectivity index (χ4v) is 7.47. The van der Waals surface area contributed by atoms with Crippen molar-refractivity contribution in [2.24, 2.45) is 15.0 Å². The van der Waals surface area contributed by atoms with Crippen LogP contribution in [-0.4, -0.2) is 44.6 Å². The average Bonchev–Trinajstić information content (AvgIpc) is 3.39. The maximum Gasteiger partial charge on any atom is 0.161 e. The molecule has 1 heterocycles. The molecule has 1 aliphatic heterocycles. The molecule has 4 rings (SSSR count). The molecule has 372 valence electrons. The van der Waals surface area contributed by atoms with Crippen molar-refractivity contribution in [3.8, 4) is 5.75 Å². The third-order valence-electron chi connectivity index (χ3n) is 11.1. The van der Waals surface area contributed by atoms with Crippen molar-refractivity contribution in [2.75, 3.05) is 29.9 Å². The molecule has 0 saturated heterocycles. The number of rotatable bonds is 19. The van der Waals surface area contributed by atoms with Gasteiger partial charge in [0.25, 0.3) is 0 Å². The second-order valence-electron chi connectivity index (χ2n) is 15.8. The van der Waals surface area contributed by atoms with Gasteiger partial charge in [-0.1, -0.05) is 187 Å². The highest BCUT2D eigenvalue weighted by molar-refractivity contribution is 6.13. The molecular formula is C65H81N5O. The summed E-state index contributed by atoms with van der Waals surface area (Å²) in [7, 11) is 2.08. The van der Waals surface area contributed by atoms with Gasteiger partial charge < -0.3 is 14.5 Å². The zero-order valence-corrected chi connectivity index (χ0v) is 45.2. The summed E-state index contributed by atoms with van der Waals surface area (Å²) in [6.45, 7) is 41.9. The number of aliphatic imine (C=N–C) groups is 3. The van der Waals surface area contributed by atoms with Crippen LogP contribution in [0.3, 0.4) is 0 Å². The first-order chi connectivity index (χ1) is 34.5. The van der Waals surface area contributed by atoms with Crippen LogP contribution in [0.2, 0.25) is 0 Å². The van der Waals surface area contributed by atoms with Crippen molar-refractivity contribution in [1.82, 2.24) is 0 Å². The average molecular weight is 948 g/mol. The van der Waals surface area contributed by atoms with Crippen molar-refractivity contribution < 1.29 is 4.74 Å². The van der Waals surface area contributed by atoms with Crippen LogP contribution in [0.15, 0.2) is 233 Å². The number of anilines is 2. The first kappa shape index (κ1) is 59.6. The molecule has 0 bridgehead atoms. The first-order valence-electron chi connectivity index (χ1n) is 24.8. The van der Waals surface area contributed by atoms with Crippen LogP contribution in [-0.2, 0) is 0 Å². The Bertz CT molecular complexity index is 2790. The highest BCUT2D eigenvalue weighted by Crippen LogP contribution is 2.36. The van der Waals surface area contributed by atoms with Crippen molar-refractivity contribution in [2.45, 2.75) is 89.1 Å². The fraction of sp³-hybridized carbons (Fsp3) is 0.246. The van der Waals surface area contributed by atoms with Gasteiger partial charge in [-0.3, -0.25) is 4.99 Å². The van der Waals surface area contributed by atoms with E-state index >= 15 is 0 Å². The van der Waals surface area contributed by atoms with Crippen LogP contribution in [0.1, 0.15) is 94.2 Å². The maximum atomic E-state index is 6.53. The molecule has 0 aromatic heterocycles. The van der Waals surface area contributed by atoms with E-state index in [4.69, 9.17) is 14.7 Å². The van der Waals surface area contributed by atoms with E-state index in [0.717, 1.165) is 66.5 Å². The van der Waals surface area contributed by atoms with Crippen molar-refractivity contribution in [3.05, 3.63) is 239 Å². The molecule has 1 aliphatic rings. The van der Waals surface area contributed by atoms with Crippen LogP contribution in [0, 0.1) is 0 Å². The van der Waals surface area contributed by atoms with E-state index in [1.165, 1.54) is 0 Å². The predicted molar refractivity (Wildman–Crippen MR) is 319 cm³/mol. The molecule has 6 heteroatoms. The summed E-state index contributed by atoms with van der Waals surface area (Å²) in [6, 6.07) is 23.3. The Morgan fingerprint density at radius 3 is 2.18 bits per heavy atom. The normalized spacial score (nSPS) is 16.8. The molecule has 1 unspecified atom stereocenters. The van der Waals surface area contributed by atoms with Crippen LogP contribution < -0.4 is 25.0 Å². The summed E-state index contributed by atoms with van der Waals surface area (Å²) in [5.41, 5.74) is 9.74. The molecule has 0 N–H and O–H groups in total. The number of hydrogen-bond acceptors (Lipinski definition) is 4. The third-order valence-corrected chi connectivity index (χ3v) is 11.1. The van der Waals surface area contributed by atoms with Gasteiger partial charge in [0.05, 0.1) is 12.2 Å². The fourth-order valence-electron chi connectivity index (χ4n) is 7.47. The number of nitrogens with zero attached hydrogens (tertiary/aromatic N) is 5. The van der Waals surface area contributed by atoms with Crippen LogP contribution >= 0.6 is 0 Å². The minimum atomic E-state index is 0.0969. The molecular weight excluding hydrogens is 867 g/mol. The topological polar surface area (TPSA) is 52.8 Å². The molecule has 6 nitrogen and oxygen atoms in total. The SMILES string of the molecule is C=C/C=C(\C=C/C)CN=C(N=C(N=C)c1cccc(N2C/C=c3/cccc/c3=C(C)\C(C=C)=C2\C=C(/C)c2ccc(N(C)C(C)/C=C\C=C/C)c(OC(=C)/C=C\C=C/C)c2)c1)C(/C=C\C)=C/C.CC.CC. The lowest BCUT2D eigenvalue weighted by Gasteiger charge is -2.30. The van der Waals surface area contributed by atoms with E-state index in [9.17, 15) is 0 Å². The Morgan fingerprint density at radius 2 is 1.54 bits per heavy atom. The predicted octanol–water partition coefficient (Wildman–Crippen LogP) is 15.8. The molecule has 3 aromatic rings. The highest BCUT2D eigenvalue weighted by atomic mass is 16.5. The summed E-state index contributed by atoms with van der Waals surface area (Å²) in [4.78, 5) is 19.1. The second kappa shape index (κ2) is 33.0. The van der Waals surface area contributed by atoms with E-state index in [1.54, 1.807) is 6.08 Å². The lowest BCUT2D eigenvalue weighted by atomic mass is 9.96. The molecule has 0 aliphatic carbocycles. The molecule has 1 atom stereocenters. The van der Waals surface area contributed by atoms with E-state index in [1.807, 2.05) is 153 Å². The molecule has 0 fully saturated rings. The van der Waals surface area contributed by atoms with Gasteiger partial charge in [-0.2, -0.15) is 0 Å². The van der Waals surface area contributed by atoms with Gasteiger partial charge in [0.15, 0.2) is 17.4 Å². The monoisotopic (exact) mass is 948 g/mol. The Labute approximate surface area is 429 Å². The lowest BCUT2D eigenvalue weighted by molar-refractivity contribution is 0.446. The summed E-state index contributed by atoms with van der Waals surface area (Å²) in [6.07, 6.45) is 36.3. The number of fused-ring (bicyclic) bond motifs is 1. The summed E-state index contributed by atoms with van der Waals surface area (Å²) < 4.78 is 6.53. The van der Waals surface area contributed by atoms with Crippen LogP contribution in [0.4, 0.5) is 11.4 Å². The lowest BCUT2D eigenvalue weighted by Crippen LogP contribution is -2.33. The molecule has 0 radical (unpaired) electrons. The van der Waals surface area contributed by atoms with Gasteiger partial charge in [0.2, 0.25) is 0 Å². The zero-order valence-electron chi connectivity index (χ0n) is 45.2. The van der Waals surface area contributed by atoms with E-state index in [2.05, 4.69) is 148 Å². The molecule has 0 amide bonds. The molecule has 71 heavy (non-hydrogen) atoms. The highest BCUT2D eigenvalue weighted by Gasteiger charge is 2.20. The number of hydrogen-bond donors (Lipinski definition) is 0. The van der Waals surface area contributed by atoms with E-state index in [-0.39, 0.29) is 6.04 Å². The Kier molecular flexibility index (Phi) is 27.7. The summed E-state index contributed by atoms with van der Waals surface area (Å²) in [5.74, 6) is 2.25. The van der Waals surface area contributed by atoms with Gasteiger partial charge in [0, 0.05) is 47.7 Å². The molecule has 3 aromatic carbocycles. The summed E-state index contributed by atoms with van der Waals surface area (Å²) in [5, 5.41) is 2.32. The second-order valence-corrected chi connectivity index (χ2v) is 15.8. The number of ether oxygens (including phenoxy) is 1. The van der Waals surface area contributed by atoms with Crippen molar-refractivity contribution in [1.29, 1.82) is 0 Å².